The fraction of sp³-hybridized carbons (Fsp3) is 0.609. The van der Waals surface area contributed by atoms with Gasteiger partial charge in [0.25, 0.3) is 6.43 Å². The van der Waals surface area contributed by atoms with Crippen molar-refractivity contribution in [2.24, 2.45) is 5.41 Å². The van der Waals surface area contributed by atoms with Crippen molar-refractivity contribution in [2.45, 2.75) is 81.8 Å². The summed E-state index contributed by atoms with van der Waals surface area (Å²) in [6.45, 7) is 0. The minimum Gasteiger partial charge on any atom is -0.446 e. The molecule has 9 heteroatoms. The molecule has 1 amide bonds. The van der Waals surface area contributed by atoms with E-state index in [-0.39, 0.29) is 34.8 Å². The van der Waals surface area contributed by atoms with Crippen LogP contribution in [0.15, 0.2) is 18.2 Å². The molecule has 170 valence electrons. The van der Waals surface area contributed by atoms with E-state index in [1.54, 1.807) is 0 Å². The summed E-state index contributed by atoms with van der Waals surface area (Å²) in [6, 6.07) is 5.15. The Labute approximate surface area is 184 Å². The Morgan fingerprint density at radius 2 is 2.00 bits per heavy atom. The van der Waals surface area contributed by atoms with Crippen molar-refractivity contribution in [3.05, 3.63) is 35.3 Å². The van der Waals surface area contributed by atoms with Crippen LogP contribution in [0.1, 0.15) is 80.8 Å². The summed E-state index contributed by atoms with van der Waals surface area (Å²) >= 11 is 0. The number of hydrogen-bond donors (Lipinski definition) is 3. The summed E-state index contributed by atoms with van der Waals surface area (Å²) in [5.74, 6) is 0.804. The van der Waals surface area contributed by atoms with Crippen LogP contribution in [-0.2, 0) is 11.2 Å². The van der Waals surface area contributed by atoms with Gasteiger partial charge < -0.3 is 15.4 Å². The standard InChI is InChI=1S/C23H27F2N5O2/c24-20(25)18-8-15-7-14(26-18)2-1-5-22-10-23(11-22,12-22)28-21(31)32-16-4-3-13(6-16)17-9-19(27-15)30-29-17/h7-9,13,16,20H,1-6,10-12H2,(H,28,31)(H2,27,29,30)/t13-,16+,22?,23?/m0/s1. The second-order valence-electron chi connectivity index (χ2n) is 10.2. The van der Waals surface area contributed by atoms with Crippen LogP contribution >= 0.6 is 0 Å². The number of pyridine rings is 1. The van der Waals surface area contributed by atoms with Gasteiger partial charge in [-0.1, -0.05) is 0 Å². The molecule has 0 spiro atoms. The number of halogens is 2. The Balaban J connectivity index is 1.27. The summed E-state index contributed by atoms with van der Waals surface area (Å²) in [6.07, 6.45) is 4.96. The maximum Gasteiger partial charge on any atom is 0.407 e. The van der Waals surface area contributed by atoms with Gasteiger partial charge in [0.2, 0.25) is 0 Å². The molecule has 2 atom stereocenters. The molecule has 4 fully saturated rings. The lowest BCUT2D eigenvalue weighted by molar-refractivity contribution is -0.155. The molecule has 7 aliphatic rings. The van der Waals surface area contributed by atoms with Gasteiger partial charge in [0.1, 0.15) is 11.8 Å². The Morgan fingerprint density at radius 3 is 2.81 bits per heavy atom. The number of anilines is 2. The van der Waals surface area contributed by atoms with Gasteiger partial charge in [-0.2, -0.15) is 5.10 Å². The number of ether oxygens (including phenoxy) is 1. The van der Waals surface area contributed by atoms with Crippen LogP contribution in [0.2, 0.25) is 0 Å². The Bertz CT molecular complexity index is 1030. The first-order valence-electron chi connectivity index (χ1n) is 11.5. The molecular formula is C23H27F2N5O2. The number of carbonyl (C=O) groups excluding carboxylic acids is 1. The van der Waals surface area contributed by atoms with Crippen molar-refractivity contribution in [2.75, 3.05) is 5.32 Å². The quantitative estimate of drug-likeness (QED) is 0.570. The van der Waals surface area contributed by atoms with Gasteiger partial charge >= 0.3 is 6.09 Å². The van der Waals surface area contributed by atoms with Crippen LogP contribution < -0.4 is 10.6 Å². The number of nitrogens with one attached hydrogen (secondary N) is 3. The molecule has 0 radical (unpaired) electrons. The number of hydrogen-bond acceptors (Lipinski definition) is 5. The monoisotopic (exact) mass is 443 g/mol. The van der Waals surface area contributed by atoms with E-state index in [4.69, 9.17) is 4.74 Å². The van der Waals surface area contributed by atoms with Gasteiger partial charge in [-0.05, 0) is 75.3 Å². The summed E-state index contributed by atoms with van der Waals surface area (Å²) in [5, 5.41) is 13.6. The summed E-state index contributed by atoms with van der Waals surface area (Å²) < 4.78 is 32.6. The summed E-state index contributed by atoms with van der Waals surface area (Å²) in [4.78, 5) is 16.6. The molecule has 2 aromatic heterocycles. The maximum atomic E-state index is 13.5. The molecule has 32 heavy (non-hydrogen) atoms. The minimum atomic E-state index is -2.62. The predicted octanol–water partition coefficient (Wildman–Crippen LogP) is 5.11. The molecule has 0 unspecified atom stereocenters. The number of aromatic nitrogens is 3. The molecule has 4 aliphatic carbocycles. The fourth-order valence-electron chi connectivity index (χ4n) is 6.45. The van der Waals surface area contributed by atoms with Crippen molar-refractivity contribution in [3.63, 3.8) is 0 Å². The van der Waals surface area contributed by atoms with Gasteiger partial charge in [-0.25, -0.2) is 13.6 Å². The lowest BCUT2D eigenvalue weighted by Crippen LogP contribution is -2.74. The van der Waals surface area contributed by atoms with E-state index < -0.39 is 6.43 Å². The van der Waals surface area contributed by atoms with E-state index in [0.717, 1.165) is 57.1 Å². The van der Waals surface area contributed by atoms with Crippen LogP contribution in [0.5, 0.6) is 0 Å². The number of rotatable bonds is 1. The van der Waals surface area contributed by atoms with Crippen molar-refractivity contribution < 1.29 is 18.3 Å². The van der Waals surface area contributed by atoms with E-state index in [1.807, 2.05) is 12.1 Å². The lowest BCUT2D eigenvalue weighted by Gasteiger charge is -2.70. The van der Waals surface area contributed by atoms with Gasteiger partial charge in [0.15, 0.2) is 5.82 Å². The van der Waals surface area contributed by atoms with E-state index in [1.165, 1.54) is 6.07 Å². The van der Waals surface area contributed by atoms with Gasteiger partial charge in [0, 0.05) is 34.6 Å². The highest BCUT2D eigenvalue weighted by molar-refractivity contribution is 5.69. The molecule has 8 bridgehead atoms. The second-order valence-corrected chi connectivity index (χ2v) is 10.2. The highest BCUT2D eigenvalue weighted by atomic mass is 19.3. The molecule has 7 nitrogen and oxygen atoms in total. The average molecular weight is 443 g/mol. The number of nitrogens with zero attached hydrogens (tertiary/aromatic N) is 2. The van der Waals surface area contributed by atoms with Crippen LogP contribution in [0.25, 0.3) is 0 Å². The summed E-state index contributed by atoms with van der Waals surface area (Å²) in [5.41, 5.74) is 2.17. The lowest BCUT2D eigenvalue weighted by atomic mass is 9.38. The van der Waals surface area contributed by atoms with E-state index in [0.29, 0.717) is 23.6 Å². The molecule has 3 N–H and O–H groups in total. The first-order valence-corrected chi connectivity index (χ1v) is 11.5. The number of amides is 1. The van der Waals surface area contributed by atoms with E-state index in [9.17, 15) is 13.6 Å². The van der Waals surface area contributed by atoms with Crippen molar-refractivity contribution >= 4 is 17.6 Å². The SMILES string of the molecule is O=C1NC23CC(CCCc4cc(cc(C(F)F)n4)Nc4cc([nH]n4)[C@H]4CC[C@H](C4)O1)(C2)C3. The van der Waals surface area contributed by atoms with E-state index >= 15 is 0 Å². The number of aromatic amines is 1. The molecular weight excluding hydrogens is 416 g/mol. The number of alkyl carbamates (subject to hydrolysis) is 1. The highest BCUT2D eigenvalue weighted by Crippen LogP contribution is 2.69. The molecule has 9 rings (SSSR count). The second kappa shape index (κ2) is 7.15. The number of alkyl halides is 2. The zero-order valence-electron chi connectivity index (χ0n) is 17.8. The molecule has 0 aromatic carbocycles. The van der Waals surface area contributed by atoms with Crippen LogP contribution in [0.4, 0.5) is 25.1 Å². The predicted molar refractivity (Wildman–Crippen MR) is 113 cm³/mol. The normalized spacial score (nSPS) is 33.5. The molecule has 2 aromatic rings. The first kappa shape index (κ1) is 19.9. The van der Waals surface area contributed by atoms with Crippen molar-refractivity contribution in [3.8, 4) is 0 Å². The molecule has 3 aliphatic heterocycles. The minimum absolute atomic E-state index is 0.0960. The Morgan fingerprint density at radius 1 is 1.16 bits per heavy atom. The Hall–Kier alpha value is -2.71. The van der Waals surface area contributed by atoms with Crippen molar-refractivity contribution in [1.82, 2.24) is 20.5 Å². The third-order valence-electron chi connectivity index (χ3n) is 7.74. The number of aryl methyl sites for hydroxylation is 1. The largest absolute Gasteiger partial charge is 0.446 e. The third-order valence-corrected chi connectivity index (χ3v) is 7.74. The molecule has 5 heterocycles. The van der Waals surface area contributed by atoms with Gasteiger partial charge in [0.05, 0.1) is 0 Å². The Kier molecular flexibility index (Phi) is 4.45. The van der Waals surface area contributed by atoms with Crippen molar-refractivity contribution in [1.29, 1.82) is 0 Å². The third kappa shape index (κ3) is 3.51. The first-order chi connectivity index (χ1) is 15.4. The van der Waals surface area contributed by atoms with Gasteiger partial charge in [-0.15, -0.1) is 0 Å². The zero-order valence-corrected chi connectivity index (χ0v) is 17.8. The topological polar surface area (TPSA) is 91.9 Å². The molecule has 0 saturated heterocycles. The number of H-pyrrole nitrogens is 1. The van der Waals surface area contributed by atoms with Crippen LogP contribution in [0.3, 0.4) is 0 Å². The summed E-state index contributed by atoms with van der Waals surface area (Å²) in [7, 11) is 0. The number of carbonyl (C=O) groups is 1. The van der Waals surface area contributed by atoms with E-state index in [2.05, 4.69) is 25.8 Å². The van der Waals surface area contributed by atoms with Gasteiger partial charge in [-0.3, -0.25) is 10.1 Å². The smallest absolute Gasteiger partial charge is 0.407 e. The fourth-order valence-corrected chi connectivity index (χ4v) is 6.45. The zero-order chi connectivity index (χ0) is 21.9. The average Bonchev–Trinajstić information content (AvgIpc) is 3.33. The molecule has 4 saturated carbocycles. The maximum absolute atomic E-state index is 13.5. The van der Waals surface area contributed by atoms with Crippen LogP contribution in [0, 0.1) is 5.41 Å². The van der Waals surface area contributed by atoms with Crippen LogP contribution in [-0.4, -0.2) is 32.9 Å². The highest BCUT2D eigenvalue weighted by Gasteiger charge is 2.67.